The molecule has 0 bridgehead atoms. The summed E-state index contributed by atoms with van der Waals surface area (Å²) < 4.78 is 27.1. The van der Waals surface area contributed by atoms with Gasteiger partial charge in [0.2, 0.25) is 0 Å². The zero-order chi connectivity index (χ0) is 3.58. The Morgan fingerprint density at radius 1 is 1.50 bits per heavy atom. The van der Waals surface area contributed by atoms with Crippen molar-refractivity contribution in [1.82, 2.24) is 0 Å². The second kappa shape index (κ2) is 1.58. The second-order valence-electron chi connectivity index (χ2n) is 0.213. The van der Waals surface area contributed by atoms with Gasteiger partial charge < -0.3 is 0 Å². The van der Waals surface area contributed by atoms with Gasteiger partial charge in [0.1, 0.15) is 0 Å². The molecule has 0 heterocycles. The van der Waals surface area contributed by atoms with Crippen LogP contribution in [0.5, 0.6) is 0 Å². The molecule has 0 aliphatic carbocycles. The quantitative estimate of drug-likeness (QED) is 0.597. The van der Waals surface area contributed by atoms with Crippen molar-refractivity contribution >= 4 is 0 Å². The topological polar surface area (TPSA) is 34.1 Å². The molecule has 0 radical (unpaired) electrons. The van der Waals surface area contributed by atoms with E-state index in [9.17, 15) is 3.02 Å². The average Bonchev–Trinajstić information content (AvgIpc) is 0.811. The summed E-state index contributed by atoms with van der Waals surface area (Å²) in [6.45, 7) is 0. The van der Waals surface area contributed by atoms with Crippen LogP contribution in [-0.4, -0.2) is 0 Å². The molecule has 24 valence electrons. The minimum atomic E-state index is -4.59. The maximum atomic E-state index is 10.1. The molecule has 4 heteroatoms. The fraction of sp³-hybridized carbons (Fsp3) is 0. The molecule has 0 atom stereocenters. The molecule has 0 aliphatic rings. The van der Waals surface area contributed by atoms with Crippen molar-refractivity contribution in [3.05, 3.63) is 0 Å². The summed E-state index contributed by atoms with van der Waals surface area (Å²) >= 11 is -4.59. The molecule has 2 nitrogen and oxygen atoms in total. The van der Waals surface area contributed by atoms with E-state index in [0.29, 0.717) is 0 Å². The summed E-state index contributed by atoms with van der Waals surface area (Å²) in [4.78, 5) is 0. The van der Waals surface area contributed by atoms with Gasteiger partial charge in [-0.05, 0) is 0 Å². The van der Waals surface area contributed by atoms with Crippen molar-refractivity contribution in [2.45, 2.75) is 0 Å². The number of rotatable bonds is 0. The minimum absolute atomic E-state index is 4.59. The summed E-state index contributed by atoms with van der Waals surface area (Å²) in [7, 11) is 0. The first-order valence-electron chi connectivity index (χ1n) is 0.534. The molecule has 0 saturated heterocycles. The van der Waals surface area contributed by atoms with Gasteiger partial charge in [0.05, 0.1) is 0 Å². The van der Waals surface area contributed by atoms with Gasteiger partial charge in [0, 0.05) is 0 Å². The van der Waals surface area contributed by atoms with Gasteiger partial charge in [-0.1, -0.05) is 0 Å². The Morgan fingerprint density at radius 2 is 1.50 bits per heavy atom. The van der Waals surface area contributed by atoms with Crippen LogP contribution in [0.3, 0.4) is 0 Å². The van der Waals surface area contributed by atoms with Crippen LogP contribution >= 0.6 is 0 Å². The Bertz CT molecular complexity index is 54.4. The average molecular weight is 232 g/mol. The van der Waals surface area contributed by atoms with Crippen molar-refractivity contribution in [2.24, 2.45) is 0 Å². The van der Waals surface area contributed by atoms with Crippen LogP contribution in [0, 0.1) is 0 Å². The van der Waals surface area contributed by atoms with E-state index in [-0.39, 0.29) is 0 Å². The zero-order valence-corrected chi connectivity index (χ0v) is 4.86. The van der Waals surface area contributed by atoms with Gasteiger partial charge in [-0.2, -0.15) is 0 Å². The van der Waals surface area contributed by atoms with E-state index in [4.69, 9.17) is 6.50 Å². The summed E-state index contributed by atoms with van der Waals surface area (Å²) in [5.41, 5.74) is 0. The van der Waals surface area contributed by atoms with Crippen molar-refractivity contribution in [2.75, 3.05) is 0 Å². The molecule has 0 spiro atoms. The Balaban J connectivity index is 3.51. The third-order valence-corrected chi connectivity index (χ3v) is 0. The molecule has 0 rings (SSSR count). The number of hydrogen-bond donors (Lipinski definition) is 0. The van der Waals surface area contributed by atoms with Crippen molar-refractivity contribution in [1.29, 1.82) is 0 Å². The zero-order valence-electron chi connectivity index (χ0n) is 1.64. The van der Waals surface area contributed by atoms with Gasteiger partial charge in [0.25, 0.3) is 0 Å². The molecule has 0 fully saturated rings. The van der Waals surface area contributed by atoms with Gasteiger partial charge in [-0.25, -0.2) is 0 Å². The normalized spacial score (nSPS) is 6.25. The Hall–Kier alpha value is 0.270. The van der Waals surface area contributed by atoms with E-state index in [1.165, 1.54) is 0 Å². The molecule has 0 aromatic carbocycles. The van der Waals surface area contributed by atoms with E-state index in [2.05, 4.69) is 0 Å². The fourth-order valence-corrected chi connectivity index (χ4v) is 0. The van der Waals surface area contributed by atoms with Crippen LogP contribution in [0.15, 0.2) is 0 Å². The number of halogens is 1. The van der Waals surface area contributed by atoms with Crippen molar-refractivity contribution < 1.29 is 28.5 Å². The molecular weight excluding hydrogens is 232 g/mol. The van der Waals surface area contributed by atoms with E-state index < -0.39 is 18.9 Å². The molecule has 0 amide bonds. The Morgan fingerprint density at radius 3 is 1.50 bits per heavy atom. The summed E-state index contributed by atoms with van der Waals surface area (Å²) in [5.74, 6) is 0. The fourth-order valence-electron chi connectivity index (χ4n) is 0. The molecule has 0 aliphatic heterocycles. The van der Waals surface area contributed by atoms with Crippen LogP contribution in [0.1, 0.15) is 0 Å². The SMILES string of the molecule is [O]=[Ta](=[O])[F]. The molecule has 0 saturated carbocycles. The number of hydrogen-bond acceptors (Lipinski definition) is 2. The predicted molar refractivity (Wildman–Crippen MR) is 2.48 cm³/mol. The maximum absolute atomic E-state index is 10.1. The Labute approximate surface area is 29.1 Å². The summed E-state index contributed by atoms with van der Waals surface area (Å²) in [5, 5.41) is 0. The molecule has 0 N–H and O–H groups in total. The second-order valence-corrected chi connectivity index (χ2v) is 1.74. The summed E-state index contributed by atoms with van der Waals surface area (Å²) in [6, 6.07) is 0. The van der Waals surface area contributed by atoms with Gasteiger partial charge in [0.15, 0.2) is 0 Å². The first-order valence-corrected chi connectivity index (χ1v) is 4.37. The van der Waals surface area contributed by atoms with E-state index in [0.717, 1.165) is 0 Å². The Kier molecular flexibility index (Phi) is 1.68. The van der Waals surface area contributed by atoms with E-state index in [1.54, 1.807) is 0 Å². The van der Waals surface area contributed by atoms with Crippen LogP contribution in [0.2, 0.25) is 0 Å². The first-order chi connectivity index (χ1) is 1.73. The van der Waals surface area contributed by atoms with E-state index >= 15 is 0 Å². The molecule has 4 heavy (non-hydrogen) atoms. The van der Waals surface area contributed by atoms with Gasteiger partial charge in [-0.3, -0.25) is 0 Å². The monoisotopic (exact) mass is 232 g/mol. The molecular formula is FO2Ta. The standard InChI is InChI=1S/FH.2O.Ta/h1H;;;/q;;;+1/p-1. The van der Waals surface area contributed by atoms with Gasteiger partial charge in [-0.15, -0.1) is 0 Å². The van der Waals surface area contributed by atoms with Crippen molar-refractivity contribution in [3.63, 3.8) is 0 Å². The summed E-state index contributed by atoms with van der Waals surface area (Å²) in [6.07, 6.45) is 0. The van der Waals surface area contributed by atoms with Crippen LogP contribution in [0.25, 0.3) is 0 Å². The molecule has 0 aromatic heterocycles. The first kappa shape index (κ1) is 4.27. The third kappa shape index (κ3) is 50.2. The van der Waals surface area contributed by atoms with Gasteiger partial charge >= 0.3 is 28.5 Å². The molecule has 0 unspecified atom stereocenters. The predicted octanol–water partition coefficient (Wildman–Crippen LogP) is 0.180. The van der Waals surface area contributed by atoms with Crippen LogP contribution in [0.4, 0.5) is 3.02 Å². The molecule has 0 aromatic rings. The van der Waals surface area contributed by atoms with Crippen LogP contribution < -0.4 is 0 Å². The third-order valence-electron chi connectivity index (χ3n) is 0. The van der Waals surface area contributed by atoms with E-state index in [1.807, 2.05) is 0 Å². The van der Waals surface area contributed by atoms with Crippen molar-refractivity contribution in [3.8, 4) is 0 Å². The van der Waals surface area contributed by atoms with Crippen LogP contribution in [-0.2, 0) is 25.4 Å².